The Balaban J connectivity index is 2.82. The molecular weight excluding hydrogens is 217 g/mol. The fourth-order valence-corrected chi connectivity index (χ4v) is 1.37. The smallest absolute Gasteiger partial charge is 0.349 e. The van der Waals surface area contributed by atoms with Gasteiger partial charge in [-0.25, -0.2) is 18.0 Å². The number of hydrogen-bond donors (Lipinski definition) is 1. The summed E-state index contributed by atoms with van der Waals surface area (Å²) in [5, 5.41) is 8.20. The molecule has 1 aromatic carbocycles. The molecule has 0 amide bonds. The predicted octanol–water partition coefficient (Wildman–Crippen LogP) is 2.44. The number of alkyl halides is 1. The summed E-state index contributed by atoms with van der Waals surface area (Å²) in [5.41, 5.74) is -2.25. The Labute approximate surface area is 81.7 Å². The zero-order valence-electron chi connectivity index (χ0n) is 6.71. The number of aliphatic carboxylic acids is 1. The third kappa shape index (κ3) is 2.66. The lowest BCUT2D eigenvalue weighted by Gasteiger charge is -2.03. The minimum atomic E-state index is -2.25. The maximum atomic E-state index is 12.9. The lowest BCUT2D eigenvalue weighted by atomic mass is 10.3. The van der Waals surface area contributed by atoms with Gasteiger partial charge in [0.05, 0.1) is 0 Å². The largest absolute Gasteiger partial charge is 0.478 e. The average Bonchev–Trinajstić information content (AvgIpc) is 2.09. The summed E-state index contributed by atoms with van der Waals surface area (Å²) >= 11 is 0.179. The van der Waals surface area contributed by atoms with E-state index in [1.165, 1.54) is 0 Å². The van der Waals surface area contributed by atoms with Crippen LogP contribution in [0, 0.1) is 11.6 Å². The Morgan fingerprint density at radius 2 is 2.07 bits per heavy atom. The molecule has 1 rings (SSSR count). The molecule has 76 valence electrons. The summed E-state index contributed by atoms with van der Waals surface area (Å²) in [4.78, 5) is 9.85. The highest BCUT2D eigenvalue weighted by Crippen LogP contribution is 2.27. The molecule has 2 nitrogen and oxygen atoms in total. The molecule has 0 aliphatic rings. The number of hydrogen-bond acceptors (Lipinski definition) is 2. The second-order valence-electron chi connectivity index (χ2n) is 2.35. The van der Waals surface area contributed by atoms with Gasteiger partial charge in [0.1, 0.15) is 11.6 Å². The summed E-state index contributed by atoms with van der Waals surface area (Å²) in [7, 11) is 0. The summed E-state index contributed by atoms with van der Waals surface area (Å²) in [6, 6.07) is 2.49. The second kappa shape index (κ2) is 4.36. The number of rotatable bonds is 3. The van der Waals surface area contributed by atoms with Gasteiger partial charge in [0.25, 0.3) is 0 Å². The number of carbonyl (C=O) groups is 1. The van der Waals surface area contributed by atoms with E-state index in [0.29, 0.717) is 6.07 Å². The standard InChI is InChI=1S/C8H5F3O2S/c9-4-1-2-6(5(10)3-4)14-7(11)8(12)13/h1-3,7H,(H,12,13). The third-order valence-corrected chi connectivity index (χ3v) is 2.31. The van der Waals surface area contributed by atoms with E-state index in [0.717, 1.165) is 12.1 Å². The van der Waals surface area contributed by atoms with Crippen LogP contribution in [0.25, 0.3) is 0 Å². The minimum absolute atomic E-state index is 0.179. The van der Waals surface area contributed by atoms with Crippen molar-refractivity contribution in [2.24, 2.45) is 0 Å². The summed E-state index contributed by atoms with van der Waals surface area (Å²) in [6.07, 6.45) is 0. The normalized spacial score (nSPS) is 12.5. The van der Waals surface area contributed by atoms with E-state index in [2.05, 4.69) is 0 Å². The van der Waals surface area contributed by atoms with Gasteiger partial charge in [0.2, 0.25) is 5.50 Å². The van der Waals surface area contributed by atoms with Crippen molar-refractivity contribution in [3.8, 4) is 0 Å². The van der Waals surface area contributed by atoms with E-state index in [1.807, 2.05) is 0 Å². The Morgan fingerprint density at radius 1 is 1.43 bits per heavy atom. The van der Waals surface area contributed by atoms with Crippen LogP contribution in [-0.2, 0) is 4.79 Å². The van der Waals surface area contributed by atoms with Crippen LogP contribution in [0.3, 0.4) is 0 Å². The Bertz CT molecular complexity index is 356. The number of thioether (sulfide) groups is 1. The molecule has 1 unspecified atom stereocenters. The monoisotopic (exact) mass is 222 g/mol. The van der Waals surface area contributed by atoms with E-state index >= 15 is 0 Å². The van der Waals surface area contributed by atoms with Gasteiger partial charge >= 0.3 is 5.97 Å². The molecule has 0 saturated heterocycles. The lowest BCUT2D eigenvalue weighted by molar-refractivity contribution is -0.139. The van der Waals surface area contributed by atoms with Crippen molar-refractivity contribution in [2.75, 3.05) is 0 Å². The van der Waals surface area contributed by atoms with Gasteiger partial charge in [-0.1, -0.05) is 11.8 Å². The summed E-state index contributed by atoms with van der Waals surface area (Å²) in [6.45, 7) is 0. The molecule has 0 fully saturated rings. The highest BCUT2D eigenvalue weighted by Gasteiger charge is 2.19. The Morgan fingerprint density at radius 3 is 2.57 bits per heavy atom. The molecule has 0 radical (unpaired) electrons. The van der Waals surface area contributed by atoms with Crippen molar-refractivity contribution in [1.82, 2.24) is 0 Å². The van der Waals surface area contributed by atoms with Crippen molar-refractivity contribution in [3.05, 3.63) is 29.8 Å². The van der Waals surface area contributed by atoms with Crippen molar-refractivity contribution in [2.45, 2.75) is 10.4 Å². The Hall–Kier alpha value is -1.17. The summed E-state index contributed by atoms with van der Waals surface area (Å²) in [5.74, 6) is -3.46. The van der Waals surface area contributed by atoms with Gasteiger partial charge in [0, 0.05) is 11.0 Å². The van der Waals surface area contributed by atoms with Crippen molar-refractivity contribution in [3.63, 3.8) is 0 Å². The lowest BCUT2D eigenvalue weighted by Crippen LogP contribution is -2.09. The predicted molar refractivity (Wildman–Crippen MR) is 44.7 cm³/mol. The molecule has 0 bridgehead atoms. The average molecular weight is 222 g/mol. The van der Waals surface area contributed by atoms with Crippen LogP contribution in [-0.4, -0.2) is 16.6 Å². The first-order chi connectivity index (χ1) is 6.50. The highest BCUT2D eigenvalue weighted by atomic mass is 32.2. The first-order valence-corrected chi connectivity index (χ1v) is 4.37. The minimum Gasteiger partial charge on any atom is -0.478 e. The molecule has 0 aromatic heterocycles. The van der Waals surface area contributed by atoms with Crippen molar-refractivity contribution in [1.29, 1.82) is 0 Å². The van der Waals surface area contributed by atoms with Crippen LogP contribution >= 0.6 is 11.8 Å². The van der Waals surface area contributed by atoms with E-state index < -0.39 is 23.1 Å². The number of benzene rings is 1. The highest BCUT2D eigenvalue weighted by molar-refractivity contribution is 8.00. The van der Waals surface area contributed by atoms with E-state index in [-0.39, 0.29) is 16.7 Å². The van der Waals surface area contributed by atoms with Crippen LogP contribution in [0.1, 0.15) is 0 Å². The number of halogens is 3. The molecule has 1 N–H and O–H groups in total. The molecular formula is C8H5F3O2S. The quantitative estimate of drug-likeness (QED) is 0.798. The maximum absolute atomic E-state index is 12.9. The third-order valence-electron chi connectivity index (χ3n) is 1.32. The first-order valence-electron chi connectivity index (χ1n) is 3.49. The van der Waals surface area contributed by atoms with Crippen LogP contribution in [0.15, 0.2) is 23.1 Å². The van der Waals surface area contributed by atoms with Gasteiger partial charge in [-0.15, -0.1) is 0 Å². The molecule has 14 heavy (non-hydrogen) atoms. The van der Waals surface area contributed by atoms with Crippen LogP contribution in [0.4, 0.5) is 13.2 Å². The topological polar surface area (TPSA) is 37.3 Å². The maximum Gasteiger partial charge on any atom is 0.349 e. The molecule has 0 spiro atoms. The van der Waals surface area contributed by atoms with E-state index in [4.69, 9.17) is 5.11 Å². The summed E-state index contributed by atoms with van der Waals surface area (Å²) < 4.78 is 37.8. The van der Waals surface area contributed by atoms with Crippen LogP contribution < -0.4 is 0 Å². The molecule has 6 heteroatoms. The van der Waals surface area contributed by atoms with Gasteiger partial charge in [-0.05, 0) is 12.1 Å². The fraction of sp³-hybridized carbons (Fsp3) is 0.125. The van der Waals surface area contributed by atoms with Gasteiger partial charge < -0.3 is 5.11 Å². The second-order valence-corrected chi connectivity index (χ2v) is 3.44. The zero-order valence-corrected chi connectivity index (χ0v) is 7.52. The van der Waals surface area contributed by atoms with E-state index in [1.54, 1.807) is 0 Å². The van der Waals surface area contributed by atoms with E-state index in [9.17, 15) is 18.0 Å². The Kier molecular flexibility index (Phi) is 3.40. The molecule has 0 aliphatic heterocycles. The van der Waals surface area contributed by atoms with Gasteiger partial charge in [-0.2, -0.15) is 0 Å². The zero-order chi connectivity index (χ0) is 10.7. The number of carboxylic acid groups (broad SMARTS) is 1. The SMILES string of the molecule is O=C(O)C(F)Sc1ccc(F)cc1F. The molecule has 1 atom stereocenters. The number of carboxylic acids is 1. The van der Waals surface area contributed by atoms with Crippen LogP contribution in [0.5, 0.6) is 0 Å². The van der Waals surface area contributed by atoms with Crippen LogP contribution in [0.2, 0.25) is 0 Å². The fourth-order valence-electron chi connectivity index (χ4n) is 0.733. The van der Waals surface area contributed by atoms with Gasteiger partial charge in [-0.3, -0.25) is 0 Å². The van der Waals surface area contributed by atoms with Crippen molar-refractivity contribution < 1.29 is 23.1 Å². The van der Waals surface area contributed by atoms with Gasteiger partial charge in [0.15, 0.2) is 0 Å². The molecule has 0 saturated carbocycles. The van der Waals surface area contributed by atoms with Crippen molar-refractivity contribution >= 4 is 17.7 Å². The molecule has 0 heterocycles. The molecule has 0 aliphatic carbocycles. The molecule has 1 aromatic rings. The first kappa shape index (κ1) is 10.9.